The lowest BCUT2D eigenvalue weighted by atomic mass is 10.1. The lowest BCUT2D eigenvalue weighted by Gasteiger charge is -2.29. The van der Waals surface area contributed by atoms with Crippen molar-refractivity contribution in [1.29, 1.82) is 5.26 Å². The summed E-state index contributed by atoms with van der Waals surface area (Å²) in [6.45, 7) is 3.01. The Hall–Kier alpha value is -2.38. The van der Waals surface area contributed by atoms with Gasteiger partial charge in [0, 0.05) is 41.7 Å². The Kier molecular flexibility index (Phi) is 6.16. The summed E-state index contributed by atoms with van der Waals surface area (Å²) >= 11 is 1.56. The van der Waals surface area contributed by atoms with Gasteiger partial charge in [-0.2, -0.15) is 5.26 Å². The molecule has 2 fully saturated rings. The standard InChI is InChI=1S/C20H23N5O3S/c21-10-15-12-29-13-25(15)19(26)11-23-20(27)16-3-4-22-18-2-1-14(9-17(16)18)24-5-7-28-8-6-24/h1-4,9,15,20,23,27H,5-8,11-13H2/t15-,20?/m1/s1. The summed E-state index contributed by atoms with van der Waals surface area (Å²) in [6, 6.07) is 9.51. The van der Waals surface area contributed by atoms with Crippen LogP contribution < -0.4 is 10.2 Å². The summed E-state index contributed by atoms with van der Waals surface area (Å²) in [4.78, 5) is 20.6. The number of aliphatic hydroxyl groups is 1. The van der Waals surface area contributed by atoms with E-state index < -0.39 is 12.3 Å². The number of nitrogens with one attached hydrogen (secondary N) is 1. The summed E-state index contributed by atoms with van der Waals surface area (Å²) in [5, 5.41) is 23.6. The number of aliphatic hydroxyl groups excluding tert-OH is 1. The number of benzene rings is 1. The van der Waals surface area contributed by atoms with E-state index in [0.29, 0.717) is 30.4 Å². The minimum Gasteiger partial charge on any atom is -0.378 e. The normalized spacial score (nSPS) is 20.6. The molecule has 2 atom stereocenters. The Morgan fingerprint density at radius 2 is 2.24 bits per heavy atom. The third-order valence-electron chi connectivity index (χ3n) is 5.23. The number of ether oxygens (including phenoxy) is 1. The second kappa shape index (κ2) is 8.97. The van der Waals surface area contributed by atoms with E-state index in [1.54, 1.807) is 28.9 Å². The molecule has 152 valence electrons. The first kappa shape index (κ1) is 19.9. The Bertz CT molecular complexity index is 928. The van der Waals surface area contributed by atoms with E-state index in [9.17, 15) is 9.90 Å². The molecule has 29 heavy (non-hydrogen) atoms. The predicted octanol–water partition coefficient (Wildman–Crippen LogP) is 1.08. The lowest BCUT2D eigenvalue weighted by Crippen LogP contribution is -2.42. The van der Waals surface area contributed by atoms with Gasteiger partial charge in [-0.05, 0) is 24.3 Å². The molecule has 9 heteroatoms. The molecule has 0 spiro atoms. The summed E-state index contributed by atoms with van der Waals surface area (Å²) in [7, 11) is 0. The fraction of sp³-hybridized carbons (Fsp3) is 0.450. The van der Waals surface area contributed by atoms with Gasteiger partial charge in [0.05, 0.1) is 37.2 Å². The molecule has 2 saturated heterocycles. The average Bonchev–Trinajstić information content (AvgIpc) is 3.26. The zero-order chi connectivity index (χ0) is 20.2. The number of rotatable bonds is 5. The number of pyridine rings is 1. The van der Waals surface area contributed by atoms with Crippen LogP contribution in [0.5, 0.6) is 0 Å². The number of hydrogen-bond acceptors (Lipinski definition) is 8. The van der Waals surface area contributed by atoms with Crippen LogP contribution in [0.4, 0.5) is 5.69 Å². The highest BCUT2D eigenvalue weighted by Gasteiger charge is 2.29. The topological polar surface area (TPSA) is 102 Å². The molecule has 0 aliphatic carbocycles. The SMILES string of the molecule is N#C[C@@H]1CSCN1C(=O)CNC(O)c1ccnc2ccc(N3CCOCC3)cc12. The smallest absolute Gasteiger partial charge is 0.238 e. The molecule has 0 radical (unpaired) electrons. The van der Waals surface area contributed by atoms with Gasteiger partial charge in [-0.15, -0.1) is 11.8 Å². The second-order valence-corrected chi connectivity index (χ2v) is 7.99. The number of carbonyl (C=O) groups is 1. The molecule has 2 aliphatic rings. The molecule has 0 saturated carbocycles. The minimum atomic E-state index is -1.01. The third-order valence-corrected chi connectivity index (χ3v) is 6.24. The Morgan fingerprint density at radius 3 is 3.03 bits per heavy atom. The monoisotopic (exact) mass is 413 g/mol. The Labute approximate surface area is 173 Å². The van der Waals surface area contributed by atoms with Crippen molar-refractivity contribution in [2.24, 2.45) is 0 Å². The van der Waals surface area contributed by atoms with Crippen molar-refractivity contribution >= 4 is 34.3 Å². The van der Waals surface area contributed by atoms with Gasteiger partial charge in [-0.25, -0.2) is 0 Å². The van der Waals surface area contributed by atoms with E-state index in [4.69, 9.17) is 10.00 Å². The van der Waals surface area contributed by atoms with Gasteiger partial charge in [0.1, 0.15) is 12.3 Å². The highest BCUT2D eigenvalue weighted by atomic mass is 32.2. The molecule has 1 amide bonds. The molecule has 0 bridgehead atoms. The molecule has 3 heterocycles. The van der Waals surface area contributed by atoms with Crippen molar-refractivity contribution < 1.29 is 14.6 Å². The number of morpholine rings is 1. The zero-order valence-corrected chi connectivity index (χ0v) is 16.8. The molecule has 4 rings (SSSR count). The van der Waals surface area contributed by atoms with Crippen molar-refractivity contribution in [2.75, 3.05) is 49.4 Å². The first-order valence-corrected chi connectivity index (χ1v) is 10.7. The van der Waals surface area contributed by atoms with Gasteiger partial charge in [0.15, 0.2) is 0 Å². The van der Waals surface area contributed by atoms with Gasteiger partial charge >= 0.3 is 0 Å². The summed E-state index contributed by atoms with van der Waals surface area (Å²) in [5.41, 5.74) is 2.52. The summed E-state index contributed by atoms with van der Waals surface area (Å²) < 4.78 is 5.42. The predicted molar refractivity (Wildman–Crippen MR) is 111 cm³/mol. The number of anilines is 1. The number of nitriles is 1. The van der Waals surface area contributed by atoms with Crippen LogP contribution in [-0.2, 0) is 9.53 Å². The third kappa shape index (κ3) is 4.31. The Balaban J connectivity index is 1.50. The van der Waals surface area contributed by atoms with Crippen molar-refractivity contribution in [3.8, 4) is 6.07 Å². The van der Waals surface area contributed by atoms with Gasteiger partial charge in [-0.3, -0.25) is 15.1 Å². The lowest BCUT2D eigenvalue weighted by molar-refractivity contribution is -0.130. The molecule has 1 unspecified atom stereocenters. The van der Waals surface area contributed by atoms with Crippen LogP contribution in [-0.4, -0.2) is 71.4 Å². The Morgan fingerprint density at radius 1 is 1.41 bits per heavy atom. The van der Waals surface area contributed by atoms with E-state index >= 15 is 0 Å². The fourth-order valence-corrected chi connectivity index (χ4v) is 4.71. The largest absolute Gasteiger partial charge is 0.378 e. The maximum atomic E-state index is 12.4. The quantitative estimate of drug-likeness (QED) is 0.702. The zero-order valence-electron chi connectivity index (χ0n) is 16.0. The highest BCUT2D eigenvalue weighted by molar-refractivity contribution is 7.99. The van der Waals surface area contributed by atoms with Crippen LogP contribution in [0.15, 0.2) is 30.5 Å². The first-order valence-electron chi connectivity index (χ1n) is 9.57. The molecular formula is C20H23N5O3S. The number of thioether (sulfide) groups is 1. The molecule has 1 aromatic carbocycles. The molecule has 8 nitrogen and oxygen atoms in total. The van der Waals surface area contributed by atoms with Gasteiger partial charge in [0.2, 0.25) is 5.91 Å². The number of amides is 1. The minimum absolute atomic E-state index is 0.0348. The maximum Gasteiger partial charge on any atom is 0.238 e. The van der Waals surface area contributed by atoms with E-state index in [2.05, 4.69) is 21.3 Å². The van der Waals surface area contributed by atoms with Crippen LogP contribution in [0.1, 0.15) is 11.8 Å². The van der Waals surface area contributed by atoms with E-state index in [0.717, 1.165) is 29.7 Å². The van der Waals surface area contributed by atoms with Crippen LogP contribution in [0.25, 0.3) is 10.9 Å². The maximum absolute atomic E-state index is 12.4. The van der Waals surface area contributed by atoms with Crippen LogP contribution in [0.3, 0.4) is 0 Å². The van der Waals surface area contributed by atoms with Gasteiger partial charge < -0.3 is 19.6 Å². The molecule has 2 aromatic rings. The van der Waals surface area contributed by atoms with Crippen LogP contribution >= 0.6 is 11.8 Å². The molecular weight excluding hydrogens is 390 g/mol. The number of carbonyl (C=O) groups excluding carboxylic acids is 1. The summed E-state index contributed by atoms with van der Waals surface area (Å²) in [6.07, 6.45) is 0.641. The summed E-state index contributed by atoms with van der Waals surface area (Å²) in [5.74, 6) is 0.952. The highest BCUT2D eigenvalue weighted by Crippen LogP contribution is 2.27. The number of hydrogen-bond donors (Lipinski definition) is 2. The van der Waals surface area contributed by atoms with E-state index in [1.807, 2.05) is 18.2 Å². The number of aromatic nitrogens is 1. The van der Waals surface area contributed by atoms with Crippen molar-refractivity contribution in [3.63, 3.8) is 0 Å². The van der Waals surface area contributed by atoms with Crippen molar-refractivity contribution in [3.05, 3.63) is 36.0 Å². The van der Waals surface area contributed by atoms with Gasteiger partial charge in [0.25, 0.3) is 0 Å². The van der Waals surface area contributed by atoms with Gasteiger partial charge in [-0.1, -0.05) is 0 Å². The van der Waals surface area contributed by atoms with Crippen LogP contribution in [0, 0.1) is 11.3 Å². The van der Waals surface area contributed by atoms with E-state index in [1.165, 1.54) is 0 Å². The number of nitrogens with zero attached hydrogens (tertiary/aromatic N) is 4. The second-order valence-electron chi connectivity index (χ2n) is 6.99. The van der Waals surface area contributed by atoms with Crippen molar-refractivity contribution in [2.45, 2.75) is 12.3 Å². The number of fused-ring (bicyclic) bond motifs is 1. The van der Waals surface area contributed by atoms with E-state index in [-0.39, 0.29) is 12.5 Å². The molecule has 2 N–H and O–H groups in total. The average molecular weight is 414 g/mol. The van der Waals surface area contributed by atoms with Crippen LogP contribution in [0.2, 0.25) is 0 Å². The molecule has 1 aromatic heterocycles. The fourth-order valence-electron chi connectivity index (χ4n) is 3.60. The first-order chi connectivity index (χ1) is 14.2. The van der Waals surface area contributed by atoms with Crippen molar-refractivity contribution in [1.82, 2.24) is 15.2 Å². The molecule has 2 aliphatic heterocycles.